The molecule has 0 fully saturated rings. The van der Waals surface area contributed by atoms with E-state index in [0.717, 1.165) is 6.07 Å². The predicted octanol–water partition coefficient (Wildman–Crippen LogP) is 2.07. The van der Waals surface area contributed by atoms with E-state index in [2.05, 4.69) is 10.5 Å². The predicted molar refractivity (Wildman–Crippen MR) is 82.8 cm³/mol. The van der Waals surface area contributed by atoms with Gasteiger partial charge in [0.2, 0.25) is 0 Å². The van der Waals surface area contributed by atoms with E-state index in [1.807, 2.05) is 0 Å². The number of nitrogens with one attached hydrogen (secondary N) is 1. The second-order valence-electron chi connectivity index (χ2n) is 4.43. The van der Waals surface area contributed by atoms with Crippen molar-refractivity contribution in [1.82, 2.24) is 5.43 Å². The van der Waals surface area contributed by atoms with Crippen LogP contribution in [-0.2, 0) is 0 Å². The molecule has 0 atom stereocenters. The minimum absolute atomic E-state index is 0.00422. The van der Waals surface area contributed by atoms with Crippen molar-refractivity contribution in [3.63, 3.8) is 0 Å². The number of hydrogen-bond donors (Lipinski definition) is 2. The molecule has 0 aliphatic carbocycles. The number of rotatable bonds is 5. The first-order chi connectivity index (χ1) is 11.0. The fourth-order valence-electron chi connectivity index (χ4n) is 1.77. The number of phenolic OH excluding ortho intramolecular Hbond substituents is 1. The van der Waals surface area contributed by atoms with Crippen molar-refractivity contribution in [1.29, 1.82) is 0 Å². The Morgan fingerprint density at radius 2 is 2.00 bits per heavy atom. The van der Waals surface area contributed by atoms with E-state index in [1.165, 1.54) is 37.6 Å². The summed E-state index contributed by atoms with van der Waals surface area (Å²) in [5, 5.41) is 23.7. The number of carbonyl (C=O) groups is 1. The monoisotopic (exact) mass is 315 g/mol. The summed E-state index contributed by atoms with van der Waals surface area (Å²) in [6.07, 6.45) is 1.38. The lowest BCUT2D eigenvalue weighted by atomic mass is 10.1. The van der Waals surface area contributed by atoms with Crippen molar-refractivity contribution < 1.29 is 19.6 Å². The third-order valence-electron chi connectivity index (χ3n) is 2.91. The highest BCUT2D eigenvalue weighted by Crippen LogP contribution is 2.23. The minimum atomic E-state index is -0.638. The third-order valence-corrected chi connectivity index (χ3v) is 2.91. The largest absolute Gasteiger partial charge is 0.508 e. The Kier molecular flexibility index (Phi) is 4.88. The van der Waals surface area contributed by atoms with Crippen LogP contribution in [0.3, 0.4) is 0 Å². The summed E-state index contributed by atoms with van der Waals surface area (Å²) in [6, 6.07) is 9.88. The van der Waals surface area contributed by atoms with Gasteiger partial charge in [-0.1, -0.05) is 0 Å². The minimum Gasteiger partial charge on any atom is -0.508 e. The highest BCUT2D eigenvalue weighted by molar-refractivity contribution is 5.98. The van der Waals surface area contributed by atoms with Crippen LogP contribution in [0.1, 0.15) is 15.9 Å². The Labute approximate surface area is 131 Å². The normalized spacial score (nSPS) is 10.5. The van der Waals surface area contributed by atoms with E-state index in [9.17, 15) is 14.9 Å². The van der Waals surface area contributed by atoms with Crippen LogP contribution in [0.4, 0.5) is 5.69 Å². The molecule has 0 radical (unpaired) electrons. The quantitative estimate of drug-likeness (QED) is 0.498. The van der Waals surface area contributed by atoms with Gasteiger partial charge in [0, 0.05) is 12.1 Å². The fraction of sp³-hybridized carbons (Fsp3) is 0.0667. The molecule has 0 spiro atoms. The smallest absolute Gasteiger partial charge is 0.275 e. The third kappa shape index (κ3) is 4.03. The zero-order valence-electron chi connectivity index (χ0n) is 12.1. The van der Waals surface area contributed by atoms with Crippen LogP contribution in [0.15, 0.2) is 47.6 Å². The van der Waals surface area contributed by atoms with Crippen molar-refractivity contribution in [3.05, 3.63) is 63.7 Å². The number of nitro benzene ring substituents is 1. The molecule has 23 heavy (non-hydrogen) atoms. The fourth-order valence-corrected chi connectivity index (χ4v) is 1.77. The van der Waals surface area contributed by atoms with Crippen LogP contribution >= 0.6 is 0 Å². The Balaban J connectivity index is 2.15. The van der Waals surface area contributed by atoms with Gasteiger partial charge in [0.1, 0.15) is 11.5 Å². The van der Waals surface area contributed by atoms with Gasteiger partial charge in [-0.15, -0.1) is 0 Å². The summed E-state index contributed by atoms with van der Waals surface area (Å²) in [5.41, 5.74) is 2.71. The van der Waals surface area contributed by atoms with Crippen molar-refractivity contribution in [2.24, 2.45) is 5.10 Å². The van der Waals surface area contributed by atoms with Gasteiger partial charge in [-0.25, -0.2) is 5.43 Å². The lowest BCUT2D eigenvalue weighted by molar-refractivity contribution is -0.384. The van der Waals surface area contributed by atoms with Gasteiger partial charge in [0.15, 0.2) is 0 Å². The molecule has 2 aromatic carbocycles. The number of ether oxygens (including phenoxy) is 1. The van der Waals surface area contributed by atoms with E-state index in [4.69, 9.17) is 9.84 Å². The Hall–Kier alpha value is -3.42. The number of methoxy groups -OCH3 is 1. The van der Waals surface area contributed by atoms with Crippen LogP contribution in [0, 0.1) is 10.1 Å². The number of phenols is 1. The molecule has 2 rings (SSSR count). The molecular formula is C15H13N3O5. The number of carbonyl (C=O) groups excluding carboxylic acids is 1. The van der Waals surface area contributed by atoms with Crippen molar-refractivity contribution >= 4 is 17.8 Å². The molecule has 0 saturated heterocycles. The average Bonchev–Trinajstić information content (AvgIpc) is 2.55. The van der Waals surface area contributed by atoms with Gasteiger partial charge in [-0.3, -0.25) is 14.9 Å². The maximum atomic E-state index is 12.1. The molecule has 0 aliphatic rings. The van der Waals surface area contributed by atoms with Crippen LogP contribution in [-0.4, -0.2) is 29.3 Å². The molecule has 2 N–H and O–H groups in total. The van der Waals surface area contributed by atoms with Crippen LogP contribution in [0.2, 0.25) is 0 Å². The zero-order valence-corrected chi connectivity index (χ0v) is 12.1. The van der Waals surface area contributed by atoms with E-state index >= 15 is 0 Å². The van der Waals surface area contributed by atoms with Gasteiger partial charge in [0.05, 0.1) is 23.8 Å². The first-order valence-corrected chi connectivity index (χ1v) is 6.46. The highest BCUT2D eigenvalue weighted by atomic mass is 16.6. The number of benzene rings is 2. The van der Waals surface area contributed by atoms with Gasteiger partial charge >= 0.3 is 0 Å². The molecule has 1 amide bonds. The number of amides is 1. The second-order valence-corrected chi connectivity index (χ2v) is 4.43. The van der Waals surface area contributed by atoms with E-state index < -0.39 is 10.8 Å². The first-order valence-electron chi connectivity index (χ1n) is 6.46. The number of hydrazone groups is 1. The molecule has 118 valence electrons. The Bertz CT molecular complexity index is 756. The lowest BCUT2D eigenvalue weighted by Crippen LogP contribution is -2.18. The molecule has 0 aliphatic heterocycles. The second kappa shape index (κ2) is 7.03. The standard InChI is InChI=1S/C15H13N3O5/c1-23-14-7-4-11(18(21)22)8-13(14)15(20)17-16-9-10-2-5-12(19)6-3-10/h2-9,19H,1H3,(H,17,20)/b16-9-. The number of aromatic hydroxyl groups is 1. The molecular weight excluding hydrogens is 302 g/mol. The summed E-state index contributed by atoms with van der Waals surface area (Å²) < 4.78 is 5.02. The van der Waals surface area contributed by atoms with Crippen molar-refractivity contribution in [3.8, 4) is 11.5 Å². The van der Waals surface area contributed by atoms with Gasteiger partial charge in [-0.2, -0.15) is 5.10 Å². The number of hydrogen-bond acceptors (Lipinski definition) is 6. The van der Waals surface area contributed by atoms with Crippen molar-refractivity contribution in [2.75, 3.05) is 7.11 Å². The molecule has 0 heterocycles. The first kappa shape index (κ1) is 16.0. The van der Waals surface area contributed by atoms with Gasteiger partial charge in [0.25, 0.3) is 11.6 Å². The number of nitro groups is 1. The maximum Gasteiger partial charge on any atom is 0.275 e. The summed E-state index contributed by atoms with van der Waals surface area (Å²) in [5.74, 6) is -0.318. The molecule has 8 heteroatoms. The topological polar surface area (TPSA) is 114 Å². The van der Waals surface area contributed by atoms with Gasteiger partial charge in [-0.05, 0) is 35.9 Å². The number of nitrogens with zero attached hydrogens (tertiary/aromatic N) is 2. The summed E-state index contributed by atoms with van der Waals surface area (Å²) >= 11 is 0. The van der Waals surface area contributed by atoms with Gasteiger partial charge < -0.3 is 9.84 Å². The SMILES string of the molecule is COc1ccc([N+](=O)[O-])cc1C(=O)N/N=C\c1ccc(O)cc1. The van der Waals surface area contributed by atoms with Crippen LogP contribution in [0.5, 0.6) is 11.5 Å². The lowest BCUT2D eigenvalue weighted by Gasteiger charge is -2.06. The Morgan fingerprint density at radius 3 is 2.61 bits per heavy atom. The molecule has 0 unspecified atom stereocenters. The van der Waals surface area contributed by atoms with Crippen LogP contribution < -0.4 is 10.2 Å². The maximum absolute atomic E-state index is 12.1. The van der Waals surface area contributed by atoms with E-state index in [-0.39, 0.29) is 22.7 Å². The van der Waals surface area contributed by atoms with Crippen LogP contribution in [0.25, 0.3) is 0 Å². The summed E-state index contributed by atoms with van der Waals surface area (Å²) in [4.78, 5) is 22.3. The summed E-state index contributed by atoms with van der Waals surface area (Å²) in [6.45, 7) is 0. The molecule has 8 nitrogen and oxygen atoms in total. The van der Waals surface area contributed by atoms with Crippen molar-refractivity contribution in [2.45, 2.75) is 0 Å². The summed E-state index contributed by atoms with van der Waals surface area (Å²) in [7, 11) is 1.36. The number of non-ortho nitro benzene ring substituents is 1. The molecule has 0 aromatic heterocycles. The molecule has 2 aromatic rings. The van der Waals surface area contributed by atoms with E-state index in [0.29, 0.717) is 5.56 Å². The van der Waals surface area contributed by atoms with E-state index in [1.54, 1.807) is 12.1 Å². The molecule has 0 saturated carbocycles. The zero-order chi connectivity index (χ0) is 16.8. The highest BCUT2D eigenvalue weighted by Gasteiger charge is 2.17. The average molecular weight is 315 g/mol. The Morgan fingerprint density at radius 1 is 1.30 bits per heavy atom. The molecule has 0 bridgehead atoms.